The fraction of sp³-hybridized carbons (Fsp3) is 0. The van der Waals surface area contributed by atoms with Gasteiger partial charge in [0.25, 0.3) is 5.91 Å². The summed E-state index contributed by atoms with van der Waals surface area (Å²) in [6, 6.07) is 19.2. The quantitative estimate of drug-likeness (QED) is 0.0820. The van der Waals surface area contributed by atoms with Gasteiger partial charge in [-0.3, -0.25) is 4.79 Å². The molecule has 0 unspecified atom stereocenters. The van der Waals surface area contributed by atoms with Crippen molar-refractivity contribution in [2.45, 2.75) is 0 Å². The van der Waals surface area contributed by atoms with E-state index in [1.807, 2.05) is 30.3 Å². The lowest BCUT2D eigenvalue weighted by molar-refractivity contribution is 0.0699. The summed E-state index contributed by atoms with van der Waals surface area (Å²) in [7, 11) is 0. The van der Waals surface area contributed by atoms with Crippen LogP contribution in [0.25, 0.3) is 22.0 Å². The maximum atomic E-state index is 13.3. The number of rotatable bonds is 6. The molecule has 0 spiro atoms. The number of carbonyl (C=O) groups excluding carboxylic acids is 2. The topological polar surface area (TPSA) is 96.7 Å². The fourth-order valence-electron chi connectivity index (χ4n) is 3.83. The van der Waals surface area contributed by atoms with E-state index in [-0.39, 0.29) is 17.2 Å². The molecule has 0 atom stereocenters. The molecule has 0 bridgehead atoms. The van der Waals surface area contributed by atoms with Crippen LogP contribution in [0.2, 0.25) is 10.0 Å². The lowest BCUT2D eigenvalue weighted by atomic mass is 10.0. The van der Waals surface area contributed by atoms with Crippen LogP contribution in [0.5, 0.6) is 5.75 Å². The molecule has 7 nitrogen and oxygen atoms in total. The van der Waals surface area contributed by atoms with Gasteiger partial charge in [-0.2, -0.15) is 5.10 Å². The van der Waals surface area contributed by atoms with Gasteiger partial charge in [0.2, 0.25) is 5.76 Å². The van der Waals surface area contributed by atoms with Gasteiger partial charge in [-0.1, -0.05) is 69.5 Å². The predicted octanol–water partition coefficient (Wildman–Crippen LogP) is 8.24. The van der Waals surface area contributed by atoms with Crippen molar-refractivity contribution in [1.29, 1.82) is 0 Å². The second kappa shape index (κ2) is 11.2. The van der Waals surface area contributed by atoms with E-state index in [1.165, 1.54) is 18.5 Å². The highest BCUT2D eigenvalue weighted by Gasteiger charge is 2.21. The van der Waals surface area contributed by atoms with Gasteiger partial charge in [0.1, 0.15) is 5.69 Å². The highest BCUT2D eigenvalue weighted by molar-refractivity contribution is 9.11. The predicted molar refractivity (Wildman–Crippen MR) is 154 cm³/mol. The molecule has 2 N–H and O–H groups in total. The first-order valence-electron chi connectivity index (χ1n) is 11.0. The van der Waals surface area contributed by atoms with Gasteiger partial charge in [-0.05, 0) is 57.9 Å². The fourth-order valence-corrected chi connectivity index (χ4v) is 5.71. The van der Waals surface area contributed by atoms with Gasteiger partial charge in [0.05, 0.1) is 27.5 Å². The van der Waals surface area contributed by atoms with E-state index >= 15 is 0 Å². The Bertz CT molecular complexity index is 1700. The summed E-state index contributed by atoms with van der Waals surface area (Å²) >= 11 is 19.5. The Labute approximate surface area is 243 Å². The van der Waals surface area contributed by atoms with Gasteiger partial charge >= 0.3 is 5.97 Å². The van der Waals surface area contributed by atoms with Crippen molar-refractivity contribution in [2.75, 3.05) is 0 Å². The number of nitrogens with zero attached hydrogens (tertiary/aromatic N) is 1. The van der Waals surface area contributed by atoms with Gasteiger partial charge in [-0.15, -0.1) is 0 Å². The molecule has 38 heavy (non-hydrogen) atoms. The third kappa shape index (κ3) is 5.42. The third-order valence-corrected chi connectivity index (χ3v) is 7.00. The van der Waals surface area contributed by atoms with E-state index in [0.29, 0.717) is 41.0 Å². The van der Waals surface area contributed by atoms with Crippen LogP contribution in [0.1, 0.15) is 26.6 Å². The number of hydrogen-bond donors (Lipinski definition) is 2. The molecular formula is C27H15Br2Cl2N3O4. The number of fused-ring (bicyclic) bond motifs is 1. The van der Waals surface area contributed by atoms with Crippen LogP contribution in [-0.2, 0) is 0 Å². The van der Waals surface area contributed by atoms with Crippen molar-refractivity contribution in [3.05, 3.63) is 109 Å². The van der Waals surface area contributed by atoms with Crippen LogP contribution in [0.4, 0.5) is 0 Å². The normalized spacial score (nSPS) is 11.3. The van der Waals surface area contributed by atoms with Crippen LogP contribution >= 0.6 is 55.1 Å². The molecule has 0 aliphatic heterocycles. The largest absolute Gasteiger partial charge is 0.457 e. The minimum absolute atomic E-state index is 0.0435. The average molecular weight is 676 g/mol. The molecule has 3 aromatic carbocycles. The van der Waals surface area contributed by atoms with Gasteiger partial charge < -0.3 is 14.1 Å². The Hall–Kier alpha value is -3.37. The molecule has 11 heteroatoms. The first-order chi connectivity index (χ1) is 18.3. The number of halogens is 4. The lowest BCUT2D eigenvalue weighted by Gasteiger charge is -2.09. The zero-order valence-electron chi connectivity index (χ0n) is 19.1. The number of esters is 1. The number of aromatic nitrogens is 1. The molecule has 0 saturated carbocycles. The van der Waals surface area contributed by atoms with E-state index in [2.05, 4.69) is 47.4 Å². The average Bonchev–Trinajstić information content (AvgIpc) is 3.55. The SMILES string of the molecule is O=C(Oc1c(Br)cc(Br)cc1C=NNC(=O)c1[nH]c2c(Cl)cc(Cl)cc2c1-c1ccccc1)c1ccco1. The smallest absolute Gasteiger partial charge is 0.379 e. The van der Waals surface area contributed by atoms with Crippen molar-refractivity contribution < 1.29 is 18.7 Å². The molecule has 0 fully saturated rings. The van der Waals surface area contributed by atoms with Crippen LogP contribution in [0, 0.1) is 0 Å². The number of hydrogen-bond acceptors (Lipinski definition) is 5. The van der Waals surface area contributed by atoms with Crippen LogP contribution < -0.4 is 10.2 Å². The molecule has 0 aliphatic carbocycles. The van der Waals surface area contributed by atoms with Crippen molar-refractivity contribution >= 4 is 84.1 Å². The van der Waals surface area contributed by atoms with Crippen molar-refractivity contribution in [2.24, 2.45) is 5.10 Å². The Morgan fingerprint density at radius 1 is 1.03 bits per heavy atom. The maximum Gasteiger partial charge on any atom is 0.379 e. The summed E-state index contributed by atoms with van der Waals surface area (Å²) in [6.45, 7) is 0. The minimum atomic E-state index is -0.683. The molecule has 0 aliphatic rings. The molecule has 0 saturated heterocycles. The monoisotopic (exact) mass is 673 g/mol. The number of furan rings is 1. The number of carbonyl (C=O) groups is 2. The first kappa shape index (κ1) is 26.2. The molecule has 2 aromatic heterocycles. The van der Waals surface area contributed by atoms with E-state index in [9.17, 15) is 9.59 Å². The summed E-state index contributed by atoms with van der Waals surface area (Å²) < 4.78 is 11.8. The lowest BCUT2D eigenvalue weighted by Crippen LogP contribution is -2.19. The van der Waals surface area contributed by atoms with E-state index < -0.39 is 11.9 Å². The van der Waals surface area contributed by atoms with Crippen LogP contribution in [0.3, 0.4) is 0 Å². The molecule has 5 aromatic rings. The first-order valence-corrected chi connectivity index (χ1v) is 13.3. The van der Waals surface area contributed by atoms with Gasteiger partial charge in [0, 0.05) is 26.0 Å². The highest BCUT2D eigenvalue weighted by Crippen LogP contribution is 2.38. The summed E-state index contributed by atoms with van der Waals surface area (Å²) in [5, 5.41) is 5.64. The maximum absolute atomic E-state index is 13.3. The number of H-pyrrole nitrogens is 1. The Morgan fingerprint density at radius 3 is 2.55 bits per heavy atom. The number of hydrazone groups is 1. The van der Waals surface area contributed by atoms with Crippen molar-refractivity contribution in [3.63, 3.8) is 0 Å². The Kier molecular flexibility index (Phi) is 7.71. The molecule has 5 rings (SSSR count). The summed E-state index contributed by atoms with van der Waals surface area (Å²) in [5.41, 5.74) is 5.22. The molecule has 190 valence electrons. The molecular weight excluding hydrogens is 661 g/mol. The number of ether oxygens (including phenoxy) is 1. The number of aromatic amines is 1. The number of nitrogens with one attached hydrogen (secondary N) is 2. The Morgan fingerprint density at radius 2 is 1.82 bits per heavy atom. The number of amides is 1. The second-order valence-electron chi connectivity index (χ2n) is 7.92. The Balaban J connectivity index is 1.47. The zero-order valence-corrected chi connectivity index (χ0v) is 23.8. The van der Waals surface area contributed by atoms with Crippen LogP contribution in [-0.4, -0.2) is 23.1 Å². The second-order valence-corrected chi connectivity index (χ2v) is 10.5. The van der Waals surface area contributed by atoms with E-state index in [4.69, 9.17) is 32.4 Å². The zero-order chi connectivity index (χ0) is 26.8. The van der Waals surface area contributed by atoms with Gasteiger partial charge in [0.15, 0.2) is 5.75 Å². The molecule has 1 amide bonds. The summed E-state index contributed by atoms with van der Waals surface area (Å²) in [5.74, 6) is -0.948. The third-order valence-electron chi connectivity index (χ3n) is 5.44. The minimum Gasteiger partial charge on any atom is -0.457 e. The highest BCUT2D eigenvalue weighted by atomic mass is 79.9. The molecule has 2 heterocycles. The van der Waals surface area contributed by atoms with E-state index in [1.54, 1.807) is 30.3 Å². The summed E-state index contributed by atoms with van der Waals surface area (Å²) in [6.07, 6.45) is 2.74. The van der Waals surface area contributed by atoms with Crippen molar-refractivity contribution in [3.8, 4) is 16.9 Å². The standard InChI is InChI=1S/C27H15Br2Cl2N3O4/c28-16-9-15(25(19(29)10-16)38-27(36)21-7-4-8-37-21)13-32-34-26(35)24-22(14-5-2-1-3-6-14)18-11-17(30)12-20(31)23(18)33-24/h1-13,33H,(H,34,35). The number of benzene rings is 3. The van der Waals surface area contributed by atoms with Crippen LogP contribution in [0.15, 0.2) is 91.5 Å². The van der Waals surface area contributed by atoms with E-state index in [0.717, 1.165) is 5.56 Å². The van der Waals surface area contributed by atoms with Crippen molar-refractivity contribution in [1.82, 2.24) is 10.4 Å². The molecule has 0 radical (unpaired) electrons. The summed E-state index contributed by atoms with van der Waals surface area (Å²) in [4.78, 5) is 28.9. The van der Waals surface area contributed by atoms with Gasteiger partial charge in [-0.25, -0.2) is 10.2 Å².